The van der Waals surface area contributed by atoms with Gasteiger partial charge in [-0.15, -0.1) is 0 Å². The Labute approximate surface area is 193 Å². The molecule has 0 aliphatic heterocycles. The summed E-state index contributed by atoms with van der Waals surface area (Å²) in [5, 5.41) is 13.6. The molecule has 0 aliphatic rings. The maximum absolute atomic E-state index is 12.9. The lowest BCUT2D eigenvalue weighted by molar-refractivity contribution is -0.0498. The molecule has 4 aromatic rings. The molecule has 8 nitrogen and oxygen atoms in total. The first-order valence-corrected chi connectivity index (χ1v) is 11.3. The lowest BCUT2D eigenvalue weighted by atomic mass is 10.2. The van der Waals surface area contributed by atoms with Gasteiger partial charge in [0.2, 0.25) is 0 Å². The molecule has 0 aliphatic carbocycles. The first-order chi connectivity index (χ1) is 16.3. The molecule has 0 saturated carbocycles. The van der Waals surface area contributed by atoms with Gasteiger partial charge in [0.1, 0.15) is 5.75 Å². The van der Waals surface area contributed by atoms with Crippen molar-refractivity contribution in [3.8, 4) is 11.8 Å². The number of nitrogens with zero attached hydrogens (tertiary/aromatic N) is 3. The molecule has 0 atom stereocenters. The van der Waals surface area contributed by atoms with E-state index in [1.54, 1.807) is 36.4 Å². The highest BCUT2D eigenvalue weighted by Crippen LogP contribution is 2.22. The van der Waals surface area contributed by atoms with Gasteiger partial charge in [-0.05, 0) is 48.0 Å². The van der Waals surface area contributed by atoms with E-state index in [1.165, 1.54) is 41.1 Å². The minimum Gasteiger partial charge on any atom is -0.435 e. The third kappa shape index (κ3) is 4.87. The van der Waals surface area contributed by atoms with Gasteiger partial charge < -0.3 is 4.74 Å². The Hall–Kier alpha value is -4.30. The summed E-state index contributed by atoms with van der Waals surface area (Å²) < 4.78 is 57.9. The number of hydrogen-bond acceptors (Lipinski definition) is 6. The van der Waals surface area contributed by atoms with Crippen molar-refractivity contribution in [1.82, 2.24) is 14.5 Å². The van der Waals surface area contributed by atoms with Crippen molar-refractivity contribution in [3.63, 3.8) is 0 Å². The summed E-state index contributed by atoms with van der Waals surface area (Å²) in [5.74, 6) is -0.905. The lowest BCUT2D eigenvalue weighted by Gasteiger charge is -2.07. The number of nitriles is 1. The van der Waals surface area contributed by atoms with Crippen LogP contribution in [0.3, 0.4) is 0 Å². The third-order valence-corrected chi connectivity index (χ3v) is 6.22. The van der Waals surface area contributed by atoms with Crippen LogP contribution in [0, 0.1) is 11.3 Å². The van der Waals surface area contributed by atoms with Gasteiger partial charge in [-0.3, -0.25) is 9.48 Å². The van der Waals surface area contributed by atoms with Gasteiger partial charge in [-0.2, -0.15) is 19.1 Å². The SMILES string of the molecule is N#Cc1ccc(S(=O)(=O)NC(=O)c2nn(Cc3ccc(OC(F)F)cc3)c3ccccc23)cc1. The topological polar surface area (TPSA) is 114 Å². The van der Waals surface area contributed by atoms with Crippen LogP contribution in [0.15, 0.2) is 77.7 Å². The van der Waals surface area contributed by atoms with Crippen molar-refractivity contribution in [3.05, 3.63) is 89.6 Å². The van der Waals surface area contributed by atoms with Gasteiger partial charge in [0.05, 0.1) is 28.6 Å². The fourth-order valence-corrected chi connectivity index (χ4v) is 4.26. The molecule has 0 radical (unpaired) electrons. The van der Waals surface area contributed by atoms with Crippen LogP contribution in [0.2, 0.25) is 0 Å². The smallest absolute Gasteiger partial charge is 0.387 e. The van der Waals surface area contributed by atoms with Crippen molar-refractivity contribution in [2.45, 2.75) is 18.1 Å². The molecule has 1 heterocycles. The molecule has 1 N–H and O–H groups in total. The summed E-state index contributed by atoms with van der Waals surface area (Å²) in [6, 6.07) is 19.8. The normalized spacial score (nSPS) is 11.4. The first-order valence-electron chi connectivity index (χ1n) is 9.83. The van der Waals surface area contributed by atoms with Gasteiger partial charge in [0, 0.05) is 5.39 Å². The summed E-state index contributed by atoms with van der Waals surface area (Å²) in [6.07, 6.45) is 0. The molecule has 4 rings (SSSR count). The Bertz CT molecular complexity index is 1490. The third-order valence-electron chi connectivity index (χ3n) is 4.87. The van der Waals surface area contributed by atoms with Crippen LogP contribution in [0.1, 0.15) is 21.6 Å². The highest BCUT2D eigenvalue weighted by molar-refractivity contribution is 7.90. The highest BCUT2D eigenvalue weighted by atomic mass is 32.2. The zero-order valence-electron chi connectivity index (χ0n) is 17.4. The van der Waals surface area contributed by atoms with Crippen LogP contribution in [0.5, 0.6) is 5.75 Å². The summed E-state index contributed by atoms with van der Waals surface area (Å²) in [5.41, 5.74) is 1.47. The molecule has 0 saturated heterocycles. The van der Waals surface area contributed by atoms with E-state index in [0.717, 1.165) is 0 Å². The fourth-order valence-electron chi connectivity index (χ4n) is 3.30. The van der Waals surface area contributed by atoms with E-state index in [0.29, 0.717) is 16.5 Å². The van der Waals surface area contributed by atoms with E-state index < -0.39 is 22.5 Å². The van der Waals surface area contributed by atoms with Gasteiger partial charge in [-0.25, -0.2) is 13.1 Å². The maximum Gasteiger partial charge on any atom is 0.387 e. The standard InChI is InChI=1S/C23H16F2N4O4S/c24-23(25)33-17-9-5-16(6-10-17)14-29-20-4-2-1-3-19(20)21(27-29)22(30)28-34(31,32)18-11-7-15(13-26)8-12-18/h1-12,23H,14H2,(H,28,30). The molecule has 0 spiro atoms. The van der Waals surface area contributed by atoms with Crippen LogP contribution in [-0.2, 0) is 16.6 Å². The molecule has 0 unspecified atom stereocenters. The molecule has 3 aromatic carbocycles. The molecule has 1 amide bonds. The number of para-hydroxylation sites is 1. The number of ether oxygens (including phenoxy) is 1. The van der Waals surface area contributed by atoms with Crippen molar-refractivity contribution in [1.29, 1.82) is 5.26 Å². The summed E-state index contributed by atoms with van der Waals surface area (Å²) in [4.78, 5) is 12.7. The Balaban J connectivity index is 1.61. The number of carbonyl (C=O) groups excluding carboxylic acids is 1. The predicted molar refractivity (Wildman–Crippen MR) is 118 cm³/mol. The molecule has 0 bridgehead atoms. The number of nitrogens with one attached hydrogen (secondary N) is 1. The zero-order chi connectivity index (χ0) is 24.3. The Morgan fingerprint density at radius 3 is 2.38 bits per heavy atom. The average Bonchev–Trinajstić information content (AvgIpc) is 3.18. The van der Waals surface area contributed by atoms with Crippen molar-refractivity contribution >= 4 is 26.8 Å². The number of benzene rings is 3. The average molecular weight is 482 g/mol. The van der Waals surface area contributed by atoms with E-state index in [4.69, 9.17) is 5.26 Å². The van der Waals surface area contributed by atoms with E-state index >= 15 is 0 Å². The summed E-state index contributed by atoms with van der Waals surface area (Å²) >= 11 is 0. The summed E-state index contributed by atoms with van der Waals surface area (Å²) in [7, 11) is -4.20. The number of alkyl halides is 2. The van der Waals surface area contributed by atoms with E-state index in [9.17, 15) is 22.0 Å². The van der Waals surface area contributed by atoms with Crippen LogP contribution < -0.4 is 9.46 Å². The quantitative estimate of drug-likeness (QED) is 0.430. The lowest BCUT2D eigenvalue weighted by Crippen LogP contribution is -2.31. The van der Waals surface area contributed by atoms with Crippen LogP contribution >= 0.6 is 0 Å². The van der Waals surface area contributed by atoms with Crippen LogP contribution in [-0.4, -0.2) is 30.7 Å². The minimum absolute atomic E-state index is 0.0112. The Morgan fingerprint density at radius 2 is 1.74 bits per heavy atom. The number of aromatic nitrogens is 2. The van der Waals surface area contributed by atoms with Gasteiger partial charge >= 0.3 is 6.61 Å². The molecule has 11 heteroatoms. The Morgan fingerprint density at radius 1 is 1.06 bits per heavy atom. The second kappa shape index (κ2) is 9.29. The van der Waals surface area contributed by atoms with Gasteiger partial charge in [0.15, 0.2) is 5.69 Å². The van der Waals surface area contributed by atoms with Crippen molar-refractivity contribution < 1.29 is 26.7 Å². The number of halogens is 2. The second-order valence-corrected chi connectivity index (χ2v) is 8.80. The van der Waals surface area contributed by atoms with Crippen molar-refractivity contribution in [2.24, 2.45) is 0 Å². The van der Waals surface area contributed by atoms with Crippen LogP contribution in [0.4, 0.5) is 8.78 Å². The zero-order valence-corrected chi connectivity index (χ0v) is 18.2. The largest absolute Gasteiger partial charge is 0.435 e. The number of sulfonamides is 1. The number of carbonyl (C=O) groups is 1. The maximum atomic E-state index is 12.9. The monoisotopic (exact) mass is 482 g/mol. The van der Waals surface area contributed by atoms with E-state index in [1.807, 2.05) is 10.8 Å². The van der Waals surface area contributed by atoms with E-state index in [-0.39, 0.29) is 28.4 Å². The number of rotatable bonds is 7. The first kappa shape index (κ1) is 22.9. The molecule has 34 heavy (non-hydrogen) atoms. The predicted octanol–water partition coefficient (Wildman–Crippen LogP) is 3.68. The van der Waals surface area contributed by atoms with Gasteiger partial charge in [-0.1, -0.05) is 30.3 Å². The van der Waals surface area contributed by atoms with Crippen molar-refractivity contribution in [2.75, 3.05) is 0 Å². The fraction of sp³-hybridized carbons (Fsp3) is 0.0870. The number of hydrogen-bond donors (Lipinski definition) is 1. The molecule has 172 valence electrons. The van der Waals surface area contributed by atoms with Gasteiger partial charge in [0.25, 0.3) is 15.9 Å². The second-order valence-electron chi connectivity index (χ2n) is 7.12. The molecule has 1 aromatic heterocycles. The number of amides is 1. The highest BCUT2D eigenvalue weighted by Gasteiger charge is 2.23. The number of fused-ring (bicyclic) bond motifs is 1. The molecular formula is C23H16F2N4O4S. The molecule has 0 fully saturated rings. The van der Waals surface area contributed by atoms with E-state index in [2.05, 4.69) is 9.84 Å². The minimum atomic E-state index is -4.20. The Kier molecular flexibility index (Phi) is 6.25. The summed E-state index contributed by atoms with van der Waals surface area (Å²) in [6.45, 7) is -2.73. The van der Waals surface area contributed by atoms with Crippen LogP contribution in [0.25, 0.3) is 10.9 Å². The molecular weight excluding hydrogens is 466 g/mol.